The molecule has 35 heavy (non-hydrogen) atoms. The maximum atomic E-state index is 12.6. The number of amides is 2. The Hall–Kier alpha value is -3.82. The normalized spacial score (nSPS) is 10.0. The average Bonchev–Trinajstić information content (AvgIpc) is 2.85. The number of nitrogens with one attached hydrogen (secondary N) is 3. The molecule has 2 amide bonds. The first-order valence-corrected chi connectivity index (χ1v) is 10.6. The number of nitrogens with zero attached hydrogens (tertiary/aromatic N) is 1. The Morgan fingerprint density at radius 1 is 1.06 bits per heavy atom. The average molecular weight is 518 g/mol. The van der Waals surface area contributed by atoms with E-state index in [9.17, 15) is 9.59 Å². The van der Waals surface area contributed by atoms with Gasteiger partial charge in [-0.05, 0) is 36.4 Å². The minimum absolute atomic E-state index is 0. The first-order chi connectivity index (χ1) is 16.4. The standard InChI is InChI=1S/C24H24ClN5O4.ClH/c1-33-20-9-17(8-18(25)11-20)24(32)30-12-16-6-5-15(23(26)27)10-21(16)34-14-22(31)29-13-19-4-2-3-7-28-19;/h2-11H,12-14H2,1H3,(H3,26,27)(H,29,31)(H,30,32);1H. The van der Waals surface area contributed by atoms with Gasteiger partial charge in [0, 0.05) is 34.5 Å². The summed E-state index contributed by atoms with van der Waals surface area (Å²) in [4.78, 5) is 29.0. The van der Waals surface area contributed by atoms with Crippen LogP contribution in [-0.4, -0.2) is 36.4 Å². The smallest absolute Gasteiger partial charge is 0.258 e. The van der Waals surface area contributed by atoms with Gasteiger partial charge in [0.25, 0.3) is 11.8 Å². The molecule has 5 N–H and O–H groups in total. The summed E-state index contributed by atoms with van der Waals surface area (Å²) in [5.74, 6) is -0.0738. The van der Waals surface area contributed by atoms with Gasteiger partial charge in [-0.25, -0.2) is 0 Å². The van der Waals surface area contributed by atoms with Crippen molar-refractivity contribution in [1.29, 1.82) is 5.41 Å². The van der Waals surface area contributed by atoms with E-state index in [1.807, 2.05) is 6.07 Å². The summed E-state index contributed by atoms with van der Waals surface area (Å²) in [6, 6.07) is 15.0. The van der Waals surface area contributed by atoms with Gasteiger partial charge < -0.3 is 25.8 Å². The van der Waals surface area contributed by atoms with Crippen LogP contribution in [0.2, 0.25) is 5.02 Å². The Morgan fingerprint density at radius 3 is 2.54 bits per heavy atom. The molecule has 0 spiro atoms. The molecule has 0 saturated heterocycles. The van der Waals surface area contributed by atoms with E-state index in [4.69, 9.17) is 32.2 Å². The van der Waals surface area contributed by atoms with Crippen molar-refractivity contribution in [2.75, 3.05) is 13.7 Å². The quantitative estimate of drug-likeness (QED) is 0.240. The van der Waals surface area contributed by atoms with E-state index >= 15 is 0 Å². The van der Waals surface area contributed by atoms with Crippen molar-refractivity contribution in [1.82, 2.24) is 15.6 Å². The highest BCUT2D eigenvalue weighted by Crippen LogP contribution is 2.23. The Morgan fingerprint density at radius 2 is 1.86 bits per heavy atom. The first-order valence-electron chi connectivity index (χ1n) is 10.2. The number of aromatic nitrogens is 1. The van der Waals surface area contributed by atoms with Crippen molar-refractivity contribution >= 4 is 41.7 Å². The summed E-state index contributed by atoms with van der Waals surface area (Å²) in [5, 5.41) is 13.6. The highest BCUT2D eigenvalue weighted by atomic mass is 35.5. The summed E-state index contributed by atoms with van der Waals surface area (Å²) in [6.45, 7) is 0.111. The zero-order chi connectivity index (χ0) is 24.5. The molecule has 1 heterocycles. The SMILES string of the molecule is COc1cc(Cl)cc(C(=O)NCc2ccc(C(=N)N)cc2OCC(=O)NCc2ccccn2)c1.Cl. The van der Waals surface area contributed by atoms with Gasteiger partial charge in [-0.3, -0.25) is 20.0 Å². The molecule has 0 bridgehead atoms. The van der Waals surface area contributed by atoms with E-state index in [1.54, 1.807) is 48.7 Å². The van der Waals surface area contributed by atoms with Crippen LogP contribution in [0.1, 0.15) is 27.2 Å². The van der Waals surface area contributed by atoms with Crippen molar-refractivity contribution in [2.24, 2.45) is 5.73 Å². The van der Waals surface area contributed by atoms with E-state index in [0.717, 1.165) is 5.69 Å². The number of amidine groups is 1. The lowest BCUT2D eigenvalue weighted by Gasteiger charge is -2.14. The molecule has 0 saturated carbocycles. The lowest BCUT2D eigenvalue weighted by atomic mass is 10.1. The molecule has 0 aliphatic carbocycles. The second-order valence-corrected chi connectivity index (χ2v) is 7.62. The Kier molecular flexibility index (Phi) is 10.3. The molecule has 0 radical (unpaired) electrons. The summed E-state index contributed by atoms with van der Waals surface area (Å²) < 4.78 is 10.8. The minimum Gasteiger partial charge on any atom is -0.497 e. The fraction of sp³-hybridized carbons (Fsp3) is 0.167. The Balaban J connectivity index is 0.00000432. The molecule has 184 valence electrons. The van der Waals surface area contributed by atoms with Crippen LogP contribution in [0.25, 0.3) is 0 Å². The predicted octanol–water partition coefficient (Wildman–Crippen LogP) is 3.07. The van der Waals surface area contributed by atoms with Gasteiger partial charge in [0.15, 0.2) is 6.61 Å². The van der Waals surface area contributed by atoms with Crippen LogP contribution in [-0.2, 0) is 17.9 Å². The third-order valence-corrected chi connectivity index (χ3v) is 4.96. The van der Waals surface area contributed by atoms with Gasteiger partial charge >= 0.3 is 0 Å². The number of ether oxygens (including phenoxy) is 2. The van der Waals surface area contributed by atoms with Crippen molar-refractivity contribution in [3.05, 3.63) is 88.2 Å². The number of carbonyl (C=O) groups excluding carboxylic acids is 2. The van der Waals surface area contributed by atoms with Crippen LogP contribution in [0.4, 0.5) is 0 Å². The van der Waals surface area contributed by atoms with Crippen LogP contribution in [0.3, 0.4) is 0 Å². The number of carbonyl (C=O) groups is 2. The molecule has 0 atom stereocenters. The fourth-order valence-corrected chi connectivity index (χ4v) is 3.20. The molecular formula is C24H25Cl2N5O4. The molecule has 3 rings (SSSR count). The van der Waals surface area contributed by atoms with E-state index < -0.39 is 0 Å². The molecule has 11 heteroatoms. The van der Waals surface area contributed by atoms with Crippen LogP contribution in [0.15, 0.2) is 60.8 Å². The molecule has 3 aromatic rings. The van der Waals surface area contributed by atoms with Gasteiger partial charge in [-0.1, -0.05) is 29.8 Å². The number of nitrogen functional groups attached to an aromatic ring is 1. The maximum absolute atomic E-state index is 12.6. The number of rotatable bonds is 10. The second kappa shape index (κ2) is 13.2. The van der Waals surface area contributed by atoms with Crippen LogP contribution >= 0.6 is 24.0 Å². The third-order valence-electron chi connectivity index (χ3n) is 4.74. The van der Waals surface area contributed by atoms with E-state index in [2.05, 4.69) is 15.6 Å². The zero-order valence-electron chi connectivity index (χ0n) is 18.8. The van der Waals surface area contributed by atoms with Crippen molar-refractivity contribution in [2.45, 2.75) is 13.1 Å². The Bertz CT molecular complexity index is 1190. The zero-order valence-corrected chi connectivity index (χ0v) is 20.4. The minimum atomic E-state index is -0.365. The van der Waals surface area contributed by atoms with Crippen LogP contribution < -0.4 is 25.8 Å². The molecule has 0 unspecified atom stereocenters. The van der Waals surface area contributed by atoms with Gasteiger partial charge in [0.1, 0.15) is 17.3 Å². The van der Waals surface area contributed by atoms with Gasteiger partial charge in [-0.15, -0.1) is 12.4 Å². The van der Waals surface area contributed by atoms with Crippen LogP contribution in [0, 0.1) is 5.41 Å². The molecular weight excluding hydrogens is 493 g/mol. The molecule has 1 aromatic heterocycles. The number of halogens is 2. The van der Waals surface area contributed by atoms with Crippen molar-refractivity contribution in [3.63, 3.8) is 0 Å². The van der Waals surface area contributed by atoms with Gasteiger partial charge in [0.05, 0.1) is 19.3 Å². The monoisotopic (exact) mass is 517 g/mol. The molecule has 0 fully saturated rings. The largest absolute Gasteiger partial charge is 0.497 e. The van der Waals surface area contributed by atoms with E-state index in [-0.39, 0.29) is 49.8 Å². The first kappa shape index (κ1) is 27.4. The van der Waals surface area contributed by atoms with Crippen molar-refractivity contribution in [3.8, 4) is 11.5 Å². The van der Waals surface area contributed by atoms with E-state index in [0.29, 0.717) is 33.2 Å². The summed E-state index contributed by atoms with van der Waals surface area (Å²) >= 11 is 6.04. The number of pyridine rings is 1. The number of nitrogens with two attached hydrogens (primary N) is 1. The highest BCUT2D eigenvalue weighted by molar-refractivity contribution is 6.31. The lowest BCUT2D eigenvalue weighted by molar-refractivity contribution is -0.123. The summed E-state index contributed by atoms with van der Waals surface area (Å²) in [6.07, 6.45) is 1.64. The molecule has 0 aliphatic rings. The summed E-state index contributed by atoms with van der Waals surface area (Å²) in [7, 11) is 1.49. The van der Waals surface area contributed by atoms with Gasteiger partial charge in [0.2, 0.25) is 0 Å². The summed E-state index contributed by atoms with van der Waals surface area (Å²) in [5.41, 5.74) is 7.67. The third kappa shape index (κ3) is 8.16. The highest BCUT2D eigenvalue weighted by Gasteiger charge is 2.13. The van der Waals surface area contributed by atoms with Gasteiger partial charge in [-0.2, -0.15) is 0 Å². The predicted molar refractivity (Wildman–Crippen MR) is 135 cm³/mol. The molecule has 0 aliphatic heterocycles. The second-order valence-electron chi connectivity index (χ2n) is 7.19. The molecule has 2 aromatic carbocycles. The van der Waals surface area contributed by atoms with Crippen LogP contribution in [0.5, 0.6) is 11.5 Å². The topological polar surface area (TPSA) is 139 Å². The van der Waals surface area contributed by atoms with E-state index in [1.165, 1.54) is 13.2 Å². The lowest BCUT2D eigenvalue weighted by Crippen LogP contribution is -2.29. The maximum Gasteiger partial charge on any atom is 0.258 e. The number of methoxy groups -OCH3 is 1. The van der Waals surface area contributed by atoms with Crippen molar-refractivity contribution < 1.29 is 19.1 Å². The molecule has 9 nitrogen and oxygen atoms in total. The number of hydrogen-bond acceptors (Lipinski definition) is 6. The number of benzene rings is 2. The Labute approximate surface area is 213 Å². The fourth-order valence-electron chi connectivity index (χ4n) is 2.98. The number of hydrogen-bond donors (Lipinski definition) is 4.